The lowest BCUT2D eigenvalue weighted by molar-refractivity contribution is -0.116. The fourth-order valence-corrected chi connectivity index (χ4v) is 2.43. The summed E-state index contributed by atoms with van der Waals surface area (Å²) in [5.41, 5.74) is 6.43. The number of rotatable bonds is 8. The second-order valence-electron chi connectivity index (χ2n) is 4.67. The highest BCUT2D eigenvalue weighted by Crippen LogP contribution is 2.18. The quantitative estimate of drug-likeness (QED) is 0.717. The molecule has 0 aromatic heterocycles. The molecule has 3 nitrogen and oxygen atoms in total. The average Bonchev–Trinajstić information content (AvgIpc) is 2.44. The summed E-state index contributed by atoms with van der Waals surface area (Å²) >= 11 is 1.69. The Morgan fingerprint density at radius 1 is 1.32 bits per heavy atom. The summed E-state index contributed by atoms with van der Waals surface area (Å²) in [4.78, 5) is 13.0. The molecule has 3 N–H and O–H groups in total. The van der Waals surface area contributed by atoms with E-state index in [9.17, 15) is 4.79 Å². The number of carbonyl (C=O) groups excluding carboxylic acids is 1. The van der Waals surface area contributed by atoms with E-state index in [-0.39, 0.29) is 5.91 Å². The van der Waals surface area contributed by atoms with E-state index in [1.165, 1.54) is 4.90 Å². The van der Waals surface area contributed by atoms with E-state index >= 15 is 0 Å². The Morgan fingerprint density at radius 3 is 2.53 bits per heavy atom. The Labute approximate surface area is 120 Å². The van der Waals surface area contributed by atoms with Gasteiger partial charge < -0.3 is 11.1 Å². The summed E-state index contributed by atoms with van der Waals surface area (Å²) in [6.45, 7) is 2.86. The van der Waals surface area contributed by atoms with Crippen molar-refractivity contribution in [1.29, 1.82) is 0 Å². The molecule has 1 atom stereocenters. The first kappa shape index (κ1) is 16.1. The molecule has 0 aliphatic rings. The van der Waals surface area contributed by atoms with Crippen molar-refractivity contribution < 1.29 is 4.79 Å². The van der Waals surface area contributed by atoms with Gasteiger partial charge in [-0.3, -0.25) is 4.79 Å². The minimum Gasteiger partial charge on any atom is -0.330 e. The molecule has 4 heteroatoms. The van der Waals surface area contributed by atoms with Crippen LogP contribution in [0.1, 0.15) is 32.6 Å². The molecule has 0 fully saturated rings. The van der Waals surface area contributed by atoms with E-state index in [1.807, 2.05) is 30.5 Å². The van der Waals surface area contributed by atoms with Gasteiger partial charge in [-0.05, 0) is 55.8 Å². The van der Waals surface area contributed by atoms with E-state index in [0.717, 1.165) is 24.9 Å². The molecular formula is C15H24N2OS. The topological polar surface area (TPSA) is 55.1 Å². The molecule has 1 amide bonds. The van der Waals surface area contributed by atoms with Crippen molar-refractivity contribution in [3.8, 4) is 0 Å². The van der Waals surface area contributed by atoms with Gasteiger partial charge in [-0.25, -0.2) is 0 Å². The Kier molecular flexibility index (Phi) is 7.60. The molecule has 1 aromatic rings. The SMILES string of the molecule is CCC(CCN)CCC(=O)Nc1ccc(SC)cc1. The van der Waals surface area contributed by atoms with Crippen LogP contribution < -0.4 is 11.1 Å². The van der Waals surface area contributed by atoms with Gasteiger partial charge in [-0.2, -0.15) is 0 Å². The summed E-state index contributed by atoms with van der Waals surface area (Å²) in [6.07, 6.45) is 5.63. The molecule has 0 radical (unpaired) electrons. The van der Waals surface area contributed by atoms with Crippen molar-refractivity contribution in [1.82, 2.24) is 0 Å². The normalized spacial score (nSPS) is 12.2. The van der Waals surface area contributed by atoms with Gasteiger partial charge in [-0.1, -0.05) is 13.3 Å². The van der Waals surface area contributed by atoms with Crippen LogP contribution in [0.2, 0.25) is 0 Å². The van der Waals surface area contributed by atoms with Crippen LogP contribution in [-0.4, -0.2) is 18.7 Å². The molecule has 0 heterocycles. The molecule has 0 aliphatic carbocycles. The van der Waals surface area contributed by atoms with E-state index in [4.69, 9.17) is 5.73 Å². The van der Waals surface area contributed by atoms with Crippen molar-refractivity contribution in [3.63, 3.8) is 0 Å². The van der Waals surface area contributed by atoms with Crippen LogP contribution in [0.4, 0.5) is 5.69 Å². The highest BCUT2D eigenvalue weighted by molar-refractivity contribution is 7.98. The number of nitrogens with one attached hydrogen (secondary N) is 1. The zero-order valence-electron chi connectivity index (χ0n) is 11.8. The number of thioether (sulfide) groups is 1. The highest BCUT2D eigenvalue weighted by atomic mass is 32.2. The van der Waals surface area contributed by atoms with Gasteiger partial charge in [0.1, 0.15) is 0 Å². The predicted molar refractivity (Wildman–Crippen MR) is 83.5 cm³/mol. The zero-order valence-corrected chi connectivity index (χ0v) is 12.6. The van der Waals surface area contributed by atoms with Crippen molar-refractivity contribution >= 4 is 23.4 Å². The minimum absolute atomic E-state index is 0.0902. The smallest absolute Gasteiger partial charge is 0.224 e. The summed E-state index contributed by atoms with van der Waals surface area (Å²) in [5, 5.41) is 2.94. The molecule has 0 saturated heterocycles. The number of benzene rings is 1. The molecule has 0 saturated carbocycles. The van der Waals surface area contributed by atoms with E-state index in [0.29, 0.717) is 18.9 Å². The van der Waals surface area contributed by atoms with Gasteiger partial charge in [0.2, 0.25) is 5.91 Å². The summed E-state index contributed by atoms with van der Waals surface area (Å²) < 4.78 is 0. The van der Waals surface area contributed by atoms with Gasteiger partial charge >= 0.3 is 0 Å². The standard InChI is InChI=1S/C15H24N2OS/c1-3-12(10-11-16)4-9-15(18)17-13-5-7-14(19-2)8-6-13/h5-8,12H,3-4,9-11,16H2,1-2H3,(H,17,18). The van der Waals surface area contributed by atoms with Crippen LogP contribution in [0.25, 0.3) is 0 Å². The lowest BCUT2D eigenvalue weighted by Crippen LogP contribution is -2.15. The van der Waals surface area contributed by atoms with Crippen LogP contribution in [-0.2, 0) is 4.79 Å². The Bertz CT molecular complexity index is 378. The van der Waals surface area contributed by atoms with Crippen LogP contribution >= 0.6 is 11.8 Å². The first-order valence-electron chi connectivity index (χ1n) is 6.83. The average molecular weight is 280 g/mol. The lowest BCUT2D eigenvalue weighted by Gasteiger charge is -2.13. The minimum atomic E-state index is 0.0902. The third kappa shape index (κ3) is 6.12. The number of hydrogen-bond acceptors (Lipinski definition) is 3. The molecule has 0 aliphatic heterocycles. The number of carbonyl (C=O) groups is 1. The second kappa shape index (κ2) is 8.99. The third-order valence-corrected chi connectivity index (χ3v) is 4.05. The maximum absolute atomic E-state index is 11.8. The van der Waals surface area contributed by atoms with E-state index in [1.54, 1.807) is 11.8 Å². The maximum atomic E-state index is 11.8. The van der Waals surface area contributed by atoms with Gasteiger partial charge in [0, 0.05) is 17.0 Å². The Balaban J connectivity index is 2.37. The first-order chi connectivity index (χ1) is 9.19. The fourth-order valence-electron chi connectivity index (χ4n) is 2.02. The van der Waals surface area contributed by atoms with Gasteiger partial charge in [0.15, 0.2) is 0 Å². The van der Waals surface area contributed by atoms with Crippen molar-refractivity contribution in [2.75, 3.05) is 18.1 Å². The summed E-state index contributed by atoms with van der Waals surface area (Å²) in [7, 11) is 0. The molecule has 0 bridgehead atoms. The highest BCUT2D eigenvalue weighted by Gasteiger charge is 2.09. The maximum Gasteiger partial charge on any atom is 0.224 e. The lowest BCUT2D eigenvalue weighted by atomic mass is 9.96. The van der Waals surface area contributed by atoms with E-state index in [2.05, 4.69) is 12.2 Å². The van der Waals surface area contributed by atoms with Crippen LogP contribution in [0.3, 0.4) is 0 Å². The first-order valence-corrected chi connectivity index (χ1v) is 8.06. The predicted octanol–water partition coefficient (Wildman–Crippen LogP) is 3.50. The third-order valence-electron chi connectivity index (χ3n) is 3.31. The van der Waals surface area contributed by atoms with E-state index < -0.39 is 0 Å². The Hall–Kier alpha value is -1.00. The molecule has 1 aromatic carbocycles. The largest absolute Gasteiger partial charge is 0.330 e. The molecule has 106 valence electrons. The number of nitrogens with two attached hydrogens (primary N) is 1. The van der Waals surface area contributed by atoms with Crippen LogP contribution in [0.5, 0.6) is 0 Å². The Morgan fingerprint density at radius 2 is 2.00 bits per heavy atom. The van der Waals surface area contributed by atoms with Crippen molar-refractivity contribution in [2.24, 2.45) is 11.7 Å². The summed E-state index contributed by atoms with van der Waals surface area (Å²) in [6, 6.07) is 7.93. The zero-order chi connectivity index (χ0) is 14.1. The number of hydrogen-bond donors (Lipinski definition) is 2. The second-order valence-corrected chi connectivity index (χ2v) is 5.55. The van der Waals surface area contributed by atoms with Gasteiger partial charge in [0.05, 0.1) is 0 Å². The van der Waals surface area contributed by atoms with Crippen molar-refractivity contribution in [2.45, 2.75) is 37.5 Å². The number of anilines is 1. The van der Waals surface area contributed by atoms with Gasteiger partial charge in [-0.15, -0.1) is 11.8 Å². The molecular weight excluding hydrogens is 256 g/mol. The fraction of sp³-hybridized carbons (Fsp3) is 0.533. The molecule has 19 heavy (non-hydrogen) atoms. The summed E-state index contributed by atoms with van der Waals surface area (Å²) in [5.74, 6) is 0.655. The van der Waals surface area contributed by atoms with Gasteiger partial charge in [0.25, 0.3) is 0 Å². The number of amides is 1. The molecule has 0 spiro atoms. The molecule has 1 unspecified atom stereocenters. The monoisotopic (exact) mass is 280 g/mol. The van der Waals surface area contributed by atoms with Crippen molar-refractivity contribution in [3.05, 3.63) is 24.3 Å². The van der Waals surface area contributed by atoms with Crippen LogP contribution in [0.15, 0.2) is 29.2 Å². The molecule has 1 rings (SSSR count). The van der Waals surface area contributed by atoms with Crippen LogP contribution in [0, 0.1) is 5.92 Å².